The van der Waals surface area contributed by atoms with Gasteiger partial charge in [-0.15, -0.1) is 0 Å². The fourth-order valence-electron chi connectivity index (χ4n) is 2.73. The van der Waals surface area contributed by atoms with Crippen LogP contribution in [0.15, 0.2) is 36.4 Å². The lowest BCUT2D eigenvalue weighted by Crippen LogP contribution is -2.21. The molecular formula is C17H20O2. The van der Waals surface area contributed by atoms with Crippen molar-refractivity contribution in [3.8, 4) is 11.5 Å². The Labute approximate surface area is 114 Å². The van der Waals surface area contributed by atoms with Crippen molar-refractivity contribution in [1.82, 2.24) is 0 Å². The molecule has 100 valence electrons. The van der Waals surface area contributed by atoms with Crippen LogP contribution in [-0.2, 0) is 5.41 Å². The number of phenols is 2. The maximum absolute atomic E-state index is 10.2. The van der Waals surface area contributed by atoms with Crippen LogP contribution in [-0.4, -0.2) is 10.2 Å². The Balaban J connectivity index is 2.70. The molecule has 2 nitrogen and oxygen atoms in total. The topological polar surface area (TPSA) is 40.5 Å². The highest BCUT2D eigenvalue weighted by atomic mass is 16.3. The van der Waals surface area contributed by atoms with Crippen molar-refractivity contribution >= 4 is 0 Å². The summed E-state index contributed by atoms with van der Waals surface area (Å²) in [4.78, 5) is 0. The van der Waals surface area contributed by atoms with E-state index >= 15 is 0 Å². The summed E-state index contributed by atoms with van der Waals surface area (Å²) in [5.74, 6) is 0.532. The molecular weight excluding hydrogens is 236 g/mol. The van der Waals surface area contributed by atoms with E-state index in [1.54, 1.807) is 18.2 Å². The van der Waals surface area contributed by atoms with Crippen molar-refractivity contribution in [1.29, 1.82) is 0 Å². The zero-order chi connectivity index (χ0) is 14.2. The highest BCUT2D eigenvalue weighted by molar-refractivity contribution is 5.54. The molecule has 2 rings (SSSR count). The van der Waals surface area contributed by atoms with Crippen LogP contribution in [0.2, 0.25) is 0 Å². The molecule has 0 fully saturated rings. The Morgan fingerprint density at radius 2 is 1.47 bits per heavy atom. The number of rotatable bonds is 2. The van der Waals surface area contributed by atoms with Crippen molar-refractivity contribution in [2.75, 3.05) is 0 Å². The first kappa shape index (κ1) is 13.5. The second-order valence-corrected chi connectivity index (χ2v) is 5.54. The molecule has 2 aromatic rings. The van der Waals surface area contributed by atoms with Crippen molar-refractivity contribution in [2.24, 2.45) is 0 Å². The van der Waals surface area contributed by atoms with Gasteiger partial charge in [-0.1, -0.05) is 38.1 Å². The molecule has 0 aliphatic rings. The number of phenolic OH excluding ortho intramolecular Hbond substituents is 2. The van der Waals surface area contributed by atoms with Crippen molar-refractivity contribution in [3.63, 3.8) is 0 Å². The highest BCUT2D eigenvalue weighted by Crippen LogP contribution is 2.42. The Kier molecular flexibility index (Phi) is 3.27. The molecule has 0 amide bonds. The molecule has 0 bridgehead atoms. The van der Waals surface area contributed by atoms with E-state index in [-0.39, 0.29) is 11.5 Å². The van der Waals surface area contributed by atoms with Crippen LogP contribution in [0.25, 0.3) is 0 Å². The molecule has 0 radical (unpaired) electrons. The van der Waals surface area contributed by atoms with Gasteiger partial charge in [0, 0.05) is 16.5 Å². The Hall–Kier alpha value is -1.96. The molecule has 0 unspecified atom stereocenters. The van der Waals surface area contributed by atoms with E-state index in [2.05, 4.69) is 0 Å². The van der Waals surface area contributed by atoms with Gasteiger partial charge in [0.05, 0.1) is 0 Å². The lowest BCUT2D eigenvalue weighted by Gasteiger charge is -2.30. The lowest BCUT2D eigenvalue weighted by molar-refractivity contribution is 0.434. The summed E-state index contributed by atoms with van der Waals surface area (Å²) in [7, 11) is 0. The third-order valence-corrected chi connectivity index (χ3v) is 3.92. The SMILES string of the molecule is Cc1ccc(O)c(C(C)(C)c2ccccc2O)c1C. The first-order valence-corrected chi connectivity index (χ1v) is 6.44. The number of benzene rings is 2. The average molecular weight is 256 g/mol. The summed E-state index contributed by atoms with van der Waals surface area (Å²) >= 11 is 0. The Morgan fingerprint density at radius 3 is 2.11 bits per heavy atom. The molecule has 2 N–H and O–H groups in total. The van der Waals surface area contributed by atoms with Crippen LogP contribution in [0.1, 0.15) is 36.1 Å². The number of hydrogen-bond donors (Lipinski definition) is 2. The largest absolute Gasteiger partial charge is 0.508 e. The molecule has 2 heteroatoms. The Bertz CT molecular complexity index is 613. The van der Waals surface area contributed by atoms with Crippen molar-refractivity contribution < 1.29 is 10.2 Å². The standard InChI is InChI=1S/C17H20O2/c1-11-9-10-15(19)16(12(11)2)17(3,4)13-7-5-6-8-14(13)18/h5-10,18-19H,1-4H3. The molecule has 0 aliphatic heterocycles. The summed E-state index contributed by atoms with van der Waals surface area (Å²) in [5, 5.41) is 20.3. The molecule has 19 heavy (non-hydrogen) atoms. The number of para-hydroxylation sites is 1. The van der Waals surface area contributed by atoms with E-state index in [9.17, 15) is 10.2 Å². The van der Waals surface area contributed by atoms with E-state index in [0.29, 0.717) is 0 Å². The fourth-order valence-corrected chi connectivity index (χ4v) is 2.73. The maximum Gasteiger partial charge on any atom is 0.119 e. The predicted octanol–water partition coefficient (Wildman–Crippen LogP) is 4.04. The fraction of sp³-hybridized carbons (Fsp3) is 0.294. The minimum absolute atomic E-state index is 0.257. The third-order valence-electron chi connectivity index (χ3n) is 3.92. The first-order chi connectivity index (χ1) is 8.85. The van der Waals surface area contributed by atoms with Crippen LogP contribution < -0.4 is 0 Å². The third kappa shape index (κ3) is 2.19. The second kappa shape index (κ2) is 4.61. The van der Waals surface area contributed by atoms with E-state index in [4.69, 9.17) is 0 Å². The van der Waals surface area contributed by atoms with E-state index < -0.39 is 5.41 Å². The van der Waals surface area contributed by atoms with Crippen LogP contribution in [0.4, 0.5) is 0 Å². The summed E-state index contributed by atoms with van der Waals surface area (Å²) in [6, 6.07) is 10.9. The quantitative estimate of drug-likeness (QED) is 0.851. The Morgan fingerprint density at radius 1 is 0.842 bits per heavy atom. The zero-order valence-electron chi connectivity index (χ0n) is 11.9. The second-order valence-electron chi connectivity index (χ2n) is 5.54. The van der Waals surface area contributed by atoms with Gasteiger partial charge < -0.3 is 10.2 Å². The van der Waals surface area contributed by atoms with Gasteiger partial charge in [0.1, 0.15) is 11.5 Å². The van der Waals surface area contributed by atoms with Crippen LogP contribution >= 0.6 is 0 Å². The van der Waals surface area contributed by atoms with Crippen molar-refractivity contribution in [3.05, 3.63) is 58.7 Å². The van der Waals surface area contributed by atoms with Crippen molar-refractivity contribution in [2.45, 2.75) is 33.1 Å². The molecule has 0 saturated carbocycles. The first-order valence-electron chi connectivity index (χ1n) is 6.44. The van der Waals surface area contributed by atoms with Gasteiger partial charge >= 0.3 is 0 Å². The number of hydrogen-bond acceptors (Lipinski definition) is 2. The molecule has 0 saturated heterocycles. The smallest absolute Gasteiger partial charge is 0.119 e. The maximum atomic E-state index is 10.2. The van der Waals surface area contributed by atoms with Crippen LogP contribution in [0.5, 0.6) is 11.5 Å². The summed E-state index contributed by atoms with van der Waals surface area (Å²) in [6.45, 7) is 8.07. The number of aromatic hydroxyl groups is 2. The van der Waals surface area contributed by atoms with E-state index in [0.717, 1.165) is 22.3 Å². The minimum atomic E-state index is -0.453. The lowest BCUT2D eigenvalue weighted by atomic mass is 9.74. The highest BCUT2D eigenvalue weighted by Gasteiger charge is 2.30. The van der Waals surface area contributed by atoms with Gasteiger partial charge in [0.2, 0.25) is 0 Å². The van der Waals surface area contributed by atoms with Gasteiger partial charge in [-0.25, -0.2) is 0 Å². The molecule has 2 aromatic carbocycles. The van der Waals surface area contributed by atoms with Gasteiger partial charge in [-0.05, 0) is 37.1 Å². The zero-order valence-corrected chi connectivity index (χ0v) is 11.9. The normalized spacial score (nSPS) is 11.6. The summed E-state index contributed by atoms with van der Waals surface area (Å²) < 4.78 is 0. The number of aryl methyl sites for hydroxylation is 1. The molecule has 0 aliphatic carbocycles. The molecule has 0 spiro atoms. The molecule has 0 aromatic heterocycles. The molecule has 0 atom stereocenters. The summed E-state index contributed by atoms with van der Waals surface area (Å²) in [5.41, 5.74) is 3.43. The minimum Gasteiger partial charge on any atom is -0.508 e. The van der Waals surface area contributed by atoms with Gasteiger partial charge in [-0.3, -0.25) is 0 Å². The monoisotopic (exact) mass is 256 g/mol. The average Bonchev–Trinajstić information content (AvgIpc) is 2.34. The van der Waals surface area contributed by atoms with E-state index in [1.807, 2.05) is 45.9 Å². The van der Waals surface area contributed by atoms with Gasteiger partial charge in [-0.2, -0.15) is 0 Å². The van der Waals surface area contributed by atoms with Crippen LogP contribution in [0, 0.1) is 13.8 Å². The van der Waals surface area contributed by atoms with Gasteiger partial charge in [0.25, 0.3) is 0 Å². The van der Waals surface area contributed by atoms with Gasteiger partial charge in [0.15, 0.2) is 0 Å². The summed E-state index contributed by atoms with van der Waals surface area (Å²) in [6.07, 6.45) is 0. The molecule has 0 heterocycles. The van der Waals surface area contributed by atoms with Crippen LogP contribution in [0.3, 0.4) is 0 Å². The van der Waals surface area contributed by atoms with E-state index in [1.165, 1.54) is 0 Å². The predicted molar refractivity (Wildman–Crippen MR) is 77.8 cm³/mol.